The Morgan fingerprint density at radius 1 is 1.58 bits per heavy atom. The molecular formula is C9H15NO2. The van der Waals surface area contributed by atoms with Crippen LogP contribution >= 0.6 is 0 Å². The molecule has 2 aliphatic rings. The molecule has 3 heteroatoms. The van der Waals surface area contributed by atoms with Crippen molar-refractivity contribution in [3.8, 4) is 0 Å². The third-order valence-electron chi connectivity index (χ3n) is 2.92. The zero-order valence-electron chi connectivity index (χ0n) is 7.45. The van der Waals surface area contributed by atoms with Gasteiger partial charge in [-0.05, 0) is 25.8 Å². The van der Waals surface area contributed by atoms with Crippen molar-refractivity contribution in [3.63, 3.8) is 0 Å². The highest BCUT2D eigenvalue weighted by Crippen LogP contribution is 2.33. The van der Waals surface area contributed by atoms with Gasteiger partial charge in [0, 0.05) is 13.1 Å². The third-order valence-corrected chi connectivity index (χ3v) is 2.92. The van der Waals surface area contributed by atoms with Gasteiger partial charge in [-0.3, -0.25) is 4.79 Å². The molecule has 3 atom stereocenters. The monoisotopic (exact) mass is 169 g/mol. The van der Waals surface area contributed by atoms with Crippen molar-refractivity contribution in [2.75, 3.05) is 26.2 Å². The van der Waals surface area contributed by atoms with Gasteiger partial charge in [0.2, 0.25) is 0 Å². The predicted molar refractivity (Wildman–Crippen MR) is 44.7 cm³/mol. The van der Waals surface area contributed by atoms with Gasteiger partial charge in [-0.25, -0.2) is 0 Å². The van der Waals surface area contributed by atoms with E-state index in [-0.39, 0.29) is 11.9 Å². The topological polar surface area (TPSA) is 29.5 Å². The Morgan fingerprint density at radius 3 is 2.92 bits per heavy atom. The predicted octanol–water partition coefficient (Wildman–Crippen LogP) is 0.501. The van der Waals surface area contributed by atoms with E-state index in [1.807, 2.05) is 6.92 Å². The summed E-state index contributed by atoms with van der Waals surface area (Å²) in [6.45, 7) is 5.61. The number of fused-ring (bicyclic) bond motifs is 2. The van der Waals surface area contributed by atoms with Crippen LogP contribution in [0.5, 0.6) is 0 Å². The van der Waals surface area contributed by atoms with Crippen LogP contribution < -0.4 is 0 Å². The fourth-order valence-corrected chi connectivity index (χ4v) is 2.30. The van der Waals surface area contributed by atoms with Crippen LogP contribution in [0, 0.1) is 11.8 Å². The van der Waals surface area contributed by atoms with Gasteiger partial charge < -0.3 is 9.64 Å². The van der Waals surface area contributed by atoms with Gasteiger partial charge >= 0.3 is 5.97 Å². The Bertz CT molecular complexity index is 193. The molecule has 0 saturated carbocycles. The molecular weight excluding hydrogens is 154 g/mol. The zero-order chi connectivity index (χ0) is 8.55. The first-order valence-electron chi connectivity index (χ1n) is 4.70. The lowest BCUT2D eigenvalue weighted by Crippen LogP contribution is -2.30. The highest BCUT2D eigenvalue weighted by atomic mass is 16.5. The second-order valence-corrected chi connectivity index (χ2v) is 3.67. The first-order valence-corrected chi connectivity index (χ1v) is 4.70. The standard InChI is InChI=1S/C9H15NO2/c1-2-12-9(11)8-6-10-4-3-7(8)5-10/h7-8H,2-6H2,1H3/t7-,8?/m1/s1. The van der Waals surface area contributed by atoms with Crippen molar-refractivity contribution in [1.82, 2.24) is 4.90 Å². The molecule has 0 N–H and O–H groups in total. The third kappa shape index (κ3) is 1.22. The Hall–Kier alpha value is -0.570. The van der Waals surface area contributed by atoms with E-state index in [0.717, 1.165) is 13.1 Å². The van der Waals surface area contributed by atoms with Gasteiger partial charge in [-0.2, -0.15) is 0 Å². The lowest BCUT2D eigenvalue weighted by atomic mass is 9.93. The summed E-state index contributed by atoms with van der Waals surface area (Å²) >= 11 is 0. The Balaban J connectivity index is 1.93. The minimum atomic E-state index is 0.0182. The smallest absolute Gasteiger partial charge is 0.310 e. The van der Waals surface area contributed by atoms with Gasteiger partial charge in [0.05, 0.1) is 12.5 Å². The highest BCUT2D eigenvalue weighted by Gasteiger charge is 2.42. The number of carbonyl (C=O) groups excluding carboxylic acids is 1. The second-order valence-electron chi connectivity index (χ2n) is 3.67. The number of hydrogen-bond donors (Lipinski definition) is 0. The van der Waals surface area contributed by atoms with Crippen molar-refractivity contribution >= 4 is 5.97 Å². The first kappa shape index (κ1) is 8.05. The maximum absolute atomic E-state index is 11.4. The van der Waals surface area contributed by atoms with E-state index in [1.165, 1.54) is 13.0 Å². The highest BCUT2D eigenvalue weighted by molar-refractivity contribution is 5.73. The lowest BCUT2D eigenvalue weighted by molar-refractivity contribution is -0.149. The number of esters is 1. The minimum absolute atomic E-state index is 0.0182. The Kier molecular flexibility index (Phi) is 2.05. The van der Waals surface area contributed by atoms with E-state index < -0.39 is 0 Å². The molecule has 3 nitrogen and oxygen atoms in total. The quantitative estimate of drug-likeness (QED) is 0.564. The van der Waals surface area contributed by atoms with Gasteiger partial charge in [0.25, 0.3) is 0 Å². The van der Waals surface area contributed by atoms with Crippen LogP contribution in [0.4, 0.5) is 0 Å². The second kappa shape index (κ2) is 3.05. The molecule has 2 rings (SSSR count). The number of carbonyl (C=O) groups is 1. The largest absolute Gasteiger partial charge is 0.466 e. The van der Waals surface area contributed by atoms with Crippen molar-refractivity contribution < 1.29 is 9.53 Å². The molecule has 2 unspecified atom stereocenters. The molecule has 2 bridgehead atoms. The molecule has 0 aromatic heterocycles. The van der Waals surface area contributed by atoms with Crippen molar-refractivity contribution in [2.45, 2.75) is 13.3 Å². The van der Waals surface area contributed by atoms with Crippen LogP contribution in [0.25, 0.3) is 0 Å². The summed E-state index contributed by atoms with van der Waals surface area (Å²) in [6.07, 6.45) is 1.18. The molecule has 0 aliphatic carbocycles. The molecule has 0 aromatic carbocycles. The van der Waals surface area contributed by atoms with Gasteiger partial charge in [0.15, 0.2) is 0 Å². The fourth-order valence-electron chi connectivity index (χ4n) is 2.30. The van der Waals surface area contributed by atoms with Crippen molar-refractivity contribution in [3.05, 3.63) is 0 Å². The maximum Gasteiger partial charge on any atom is 0.310 e. The maximum atomic E-state index is 11.4. The summed E-state index contributed by atoms with van der Waals surface area (Å²) < 4.78 is 5.01. The summed E-state index contributed by atoms with van der Waals surface area (Å²) in [5.41, 5.74) is 0. The zero-order valence-corrected chi connectivity index (χ0v) is 7.45. The number of hydrogen-bond acceptors (Lipinski definition) is 3. The SMILES string of the molecule is CCOC(=O)C1CN2CC[C@@H]1C2. The Labute approximate surface area is 72.7 Å². The average Bonchev–Trinajstić information content (AvgIpc) is 2.64. The van der Waals surface area contributed by atoms with E-state index in [0.29, 0.717) is 12.5 Å². The number of rotatable bonds is 2. The summed E-state index contributed by atoms with van der Waals surface area (Å²) in [4.78, 5) is 13.7. The van der Waals surface area contributed by atoms with E-state index in [1.54, 1.807) is 0 Å². The number of piperidine rings is 1. The lowest BCUT2D eigenvalue weighted by Gasteiger charge is -2.19. The fraction of sp³-hybridized carbons (Fsp3) is 0.889. The molecule has 68 valence electrons. The van der Waals surface area contributed by atoms with Gasteiger partial charge in [-0.1, -0.05) is 0 Å². The van der Waals surface area contributed by atoms with E-state index >= 15 is 0 Å². The number of ether oxygens (including phenoxy) is 1. The van der Waals surface area contributed by atoms with Crippen LogP contribution in [0.3, 0.4) is 0 Å². The Morgan fingerprint density at radius 2 is 2.42 bits per heavy atom. The van der Waals surface area contributed by atoms with Gasteiger partial charge in [0.1, 0.15) is 0 Å². The molecule has 0 spiro atoms. The minimum Gasteiger partial charge on any atom is -0.466 e. The summed E-state index contributed by atoms with van der Waals surface area (Å²) in [7, 11) is 0. The van der Waals surface area contributed by atoms with Crippen molar-refractivity contribution in [1.29, 1.82) is 0 Å². The molecule has 2 fully saturated rings. The summed E-state index contributed by atoms with van der Waals surface area (Å²) in [5.74, 6) is 0.785. The van der Waals surface area contributed by atoms with Crippen molar-refractivity contribution in [2.24, 2.45) is 11.8 Å². The summed E-state index contributed by atoms with van der Waals surface area (Å²) in [5, 5.41) is 0. The molecule has 2 heterocycles. The van der Waals surface area contributed by atoms with E-state index in [2.05, 4.69) is 4.90 Å². The van der Waals surface area contributed by atoms with Gasteiger partial charge in [-0.15, -0.1) is 0 Å². The molecule has 2 aliphatic heterocycles. The molecule has 2 saturated heterocycles. The molecule has 0 amide bonds. The average molecular weight is 169 g/mol. The number of nitrogens with zero attached hydrogens (tertiary/aromatic N) is 1. The molecule has 12 heavy (non-hydrogen) atoms. The van der Waals surface area contributed by atoms with Crippen LogP contribution in [0.15, 0.2) is 0 Å². The van der Waals surface area contributed by atoms with Crippen LogP contribution in [-0.4, -0.2) is 37.1 Å². The molecule has 0 aromatic rings. The van der Waals surface area contributed by atoms with E-state index in [9.17, 15) is 4.79 Å². The normalized spacial score (nSPS) is 38.6. The van der Waals surface area contributed by atoms with Crippen LogP contribution in [0.1, 0.15) is 13.3 Å². The first-order chi connectivity index (χ1) is 5.81. The molecule has 0 radical (unpaired) electrons. The van der Waals surface area contributed by atoms with Crippen LogP contribution in [0.2, 0.25) is 0 Å². The van der Waals surface area contributed by atoms with Crippen LogP contribution in [-0.2, 0) is 9.53 Å². The summed E-state index contributed by atoms with van der Waals surface area (Å²) in [6, 6.07) is 0. The van der Waals surface area contributed by atoms with E-state index in [4.69, 9.17) is 4.74 Å².